The molecule has 0 nitrogen and oxygen atoms in total. The number of hydrogen-bond donors (Lipinski definition) is 0. The van der Waals surface area contributed by atoms with E-state index >= 15 is 0 Å². The summed E-state index contributed by atoms with van der Waals surface area (Å²) in [5.41, 5.74) is 0. The van der Waals surface area contributed by atoms with Crippen LogP contribution in [0.4, 0.5) is 35.1 Å². The van der Waals surface area contributed by atoms with Crippen LogP contribution in [0.3, 0.4) is 0 Å². The minimum atomic E-state index is -6.10. The monoisotopic (exact) mass is 328 g/mol. The highest BCUT2D eigenvalue weighted by Crippen LogP contribution is 2.54. The van der Waals surface area contributed by atoms with Crippen LogP contribution in [0.5, 0.6) is 0 Å². The standard InChI is InChI=1S/C13H20F8/c1-3-5-6-7-8-9-11(16,17)13(20,21)12(18,19)10(14,15)4-2/h3-9H2,1-2H3. The van der Waals surface area contributed by atoms with Crippen molar-refractivity contribution in [1.29, 1.82) is 0 Å². The molecule has 0 saturated heterocycles. The van der Waals surface area contributed by atoms with E-state index < -0.39 is 43.0 Å². The molecule has 0 aromatic rings. The van der Waals surface area contributed by atoms with Crippen LogP contribution in [-0.2, 0) is 0 Å². The van der Waals surface area contributed by atoms with Gasteiger partial charge in [-0.2, -0.15) is 35.1 Å². The number of hydrogen-bond acceptors (Lipinski definition) is 0. The lowest BCUT2D eigenvalue weighted by Gasteiger charge is -2.36. The lowest BCUT2D eigenvalue weighted by Crippen LogP contribution is -2.61. The molecule has 0 aromatic carbocycles. The second kappa shape index (κ2) is 7.13. The average Bonchev–Trinajstić information content (AvgIpc) is 2.37. The van der Waals surface area contributed by atoms with Crippen LogP contribution in [0.25, 0.3) is 0 Å². The molecule has 0 radical (unpaired) electrons. The van der Waals surface area contributed by atoms with Crippen molar-refractivity contribution in [2.75, 3.05) is 0 Å². The van der Waals surface area contributed by atoms with Gasteiger partial charge in [0.15, 0.2) is 0 Å². The van der Waals surface area contributed by atoms with Crippen LogP contribution in [-0.4, -0.2) is 23.7 Å². The molecule has 0 spiro atoms. The number of rotatable bonds is 10. The van der Waals surface area contributed by atoms with E-state index in [0.717, 1.165) is 6.42 Å². The summed E-state index contributed by atoms with van der Waals surface area (Å²) in [6, 6.07) is 0. The van der Waals surface area contributed by atoms with Gasteiger partial charge in [0, 0.05) is 12.8 Å². The molecule has 0 rings (SSSR count). The second-order valence-corrected chi connectivity index (χ2v) is 5.08. The molecule has 0 N–H and O–H groups in total. The minimum absolute atomic E-state index is 0.162. The van der Waals surface area contributed by atoms with Gasteiger partial charge in [0.25, 0.3) is 0 Å². The fourth-order valence-electron chi connectivity index (χ4n) is 1.79. The second-order valence-electron chi connectivity index (χ2n) is 5.08. The van der Waals surface area contributed by atoms with E-state index in [4.69, 9.17) is 0 Å². The van der Waals surface area contributed by atoms with Gasteiger partial charge >= 0.3 is 23.7 Å². The first-order valence-electron chi connectivity index (χ1n) is 6.88. The molecular formula is C13H20F8. The van der Waals surface area contributed by atoms with E-state index in [1.165, 1.54) is 0 Å². The summed E-state index contributed by atoms with van der Waals surface area (Å²) in [5, 5.41) is 0. The molecule has 0 heterocycles. The SMILES string of the molecule is CCCCCCCC(F)(F)C(F)(F)C(F)(F)C(F)(F)CC. The van der Waals surface area contributed by atoms with Crippen molar-refractivity contribution < 1.29 is 35.1 Å². The summed E-state index contributed by atoms with van der Waals surface area (Å²) < 4.78 is 105. The molecule has 0 fully saturated rings. The zero-order valence-electron chi connectivity index (χ0n) is 12.0. The van der Waals surface area contributed by atoms with Gasteiger partial charge in [-0.1, -0.05) is 39.5 Å². The van der Waals surface area contributed by atoms with E-state index in [2.05, 4.69) is 0 Å². The third-order valence-electron chi connectivity index (χ3n) is 3.35. The molecular weight excluding hydrogens is 308 g/mol. The predicted octanol–water partition coefficient (Wildman–Crippen LogP) is 6.30. The van der Waals surface area contributed by atoms with Gasteiger partial charge in [0.2, 0.25) is 0 Å². The summed E-state index contributed by atoms with van der Waals surface area (Å²) in [5.74, 6) is -22.6. The van der Waals surface area contributed by atoms with Gasteiger partial charge in [0.05, 0.1) is 0 Å². The Balaban J connectivity index is 4.93. The highest BCUT2D eigenvalue weighted by molar-refractivity contribution is 5.03. The summed E-state index contributed by atoms with van der Waals surface area (Å²) in [4.78, 5) is 0. The maximum absolute atomic E-state index is 13.3. The van der Waals surface area contributed by atoms with Crippen molar-refractivity contribution in [1.82, 2.24) is 0 Å². The quantitative estimate of drug-likeness (QED) is 0.326. The van der Waals surface area contributed by atoms with Crippen LogP contribution < -0.4 is 0 Å². The first-order chi connectivity index (χ1) is 9.37. The highest BCUT2D eigenvalue weighted by Gasteiger charge is 2.79. The largest absolute Gasteiger partial charge is 0.378 e. The number of halogens is 8. The van der Waals surface area contributed by atoms with Gasteiger partial charge in [-0.05, 0) is 6.42 Å². The van der Waals surface area contributed by atoms with Crippen LogP contribution in [0.15, 0.2) is 0 Å². The molecule has 0 amide bonds. The third kappa shape index (κ3) is 4.22. The lowest BCUT2D eigenvalue weighted by atomic mass is 9.93. The Kier molecular flexibility index (Phi) is 6.94. The summed E-state index contributed by atoms with van der Waals surface area (Å²) >= 11 is 0. The van der Waals surface area contributed by atoms with Crippen molar-refractivity contribution >= 4 is 0 Å². The molecule has 0 aliphatic carbocycles. The van der Waals surface area contributed by atoms with Gasteiger partial charge in [-0.3, -0.25) is 0 Å². The normalized spacial score (nSPS) is 14.6. The van der Waals surface area contributed by atoms with Crippen molar-refractivity contribution in [3.8, 4) is 0 Å². The van der Waals surface area contributed by atoms with Crippen LogP contribution >= 0.6 is 0 Å². The topological polar surface area (TPSA) is 0 Å². The Hall–Kier alpha value is -0.560. The Labute approximate surface area is 118 Å². The zero-order valence-corrected chi connectivity index (χ0v) is 12.0. The summed E-state index contributed by atoms with van der Waals surface area (Å²) in [7, 11) is 0. The third-order valence-corrected chi connectivity index (χ3v) is 3.35. The van der Waals surface area contributed by atoms with Crippen molar-refractivity contribution in [3.05, 3.63) is 0 Å². The summed E-state index contributed by atoms with van der Waals surface area (Å²) in [6.45, 7) is 2.38. The molecule has 0 aliphatic rings. The first kappa shape index (κ1) is 20.4. The Morgan fingerprint density at radius 1 is 0.571 bits per heavy atom. The Morgan fingerprint density at radius 2 is 1.00 bits per heavy atom. The zero-order chi connectivity index (χ0) is 16.9. The van der Waals surface area contributed by atoms with Gasteiger partial charge in [-0.15, -0.1) is 0 Å². The molecule has 8 heteroatoms. The van der Waals surface area contributed by atoms with E-state index in [1.54, 1.807) is 0 Å². The van der Waals surface area contributed by atoms with Gasteiger partial charge in [0.1, 0.15) is 0 Å². The van der Waals surface area contributed by atoms with E-state index in [1.807, 2.05) is 6.92 Å². The molecule has 128 valence electrons. The summed E-state index contributed by atoms with van der Waals surface area (Å²) in [6.07, 6.45) is -1.47. The molecule has 0 aromatic heterocycles. The van der Waals surface area contributed by atoms with E-state index in [9.17, 15) is 35.1 Å². The molecule has 21 heavy (non-hydrogen) atoms. The number of unbranched alkanes of at least 4 members (excludes halogenated alkanes) is 4. The molecule has 0 atom stereocenters. The maximum atomic E-state index is 13.3. The minimum Gasteiger partial charge on any atom is -0.200 e. The van der Waals surface area contributed by atoms with Crippen molar-refractivity contribution in [3.63, 3.8) is 0 Å². The molecule has 0 aliphatic heterocycles. The fourth-order valence-corrected chi connectivity index (χ4v) is 1.79. The van der Waals surface area contributed by atoms with Gasteiger partial charge in [-0.25, -0.2) is 0 Å². The van der Waals surface area contributed by atoms with Crippen LogP contribution in [0.1, 0.15) is 58.8 Å². The molecule has 0 saturated carbocycles. The average molecular weight is 328 g/mol. The predicted molar refractivity (Wildman–Crippen MR) is 63.5 cm³/mol. The van der Waals surface area contributed by atoms with Gasteiger partial charge < -0.3 is 0 Å². The molecule has 0 unspecified atom stereocenters. The van der Waals surface area contributed by atoms with Crippen LogP contribution in [0.2, 0.25) is 0 Å². The number of alkyl halides is 8. The van der Waals surface area contributed by atoms with E-state index in [-0.39, 0.29) is 6.42 Å². The van der Waals surface area contributed by atoms with Crippen molar-refractivity contribution in [2.24, 2.45) is 0 Å². The Morgan fingerprint density at radius 3 is 1.43 bits per heavy atom. The van der Waals surface area contributed by atoms with Crippen LogP contribution in [0, 0.1) is 0 Å². The highest BCUT2D eigenvalue weighted by atomic mass is 19.4. The fraction of sp³-hybridized carbons (Fsp3) is 1.00. The Bertz CT molecular complexity index is 311. The van der Waals surface area contributed by atoms with Crippen molar-refractivity contribution in [2.45, 2.75) is 82.5 Å². The molecule has 0 bridgehead atoms. The first-order valence-corrected chi connectivity index (χ1v) is 6.88. The smallest absolute Gasteiger partial charge is 0.200 e. The maximum Gasteiger partial charge on any atom is 0.378 e. The lowest BCUT2D eigenvalue weighted by molar-refractivity contribution is -0.367. The van der Waals surface area contributed by atoms with E-state index in [0.29, 0.717) is 19.8 Å².